The smallest absolute Gasteiger partial charge is 0.233 e. The van der Waals surface area contributed by atoms with Gasteiger partial charge in [-0.15, -0.1) is 10.2 Å². The number of aromatic nitrogens is 2. The predicted molar refractivity (Wildman–Crippen MR) is 93.3 cm³/mol. The Hall–Kier alpha value is -1.58. The van der Waals surface area contributed by atoms with Gasteiger partial charge in [-0.1, -0.05) is 30.0 Å². The first kappa shape index (κ1) is 17.2. The van der Waals surface area contributed by atoms with E-state index in [9.17, 15) is 4.79 Å². The molecule has 0 saturated carbocycles. The summed E-state index contributed by atoms with van der Waals surface area (Å²) in [4.78, 5) is 14.2. The lowest BCUT2D eigenvalue weighted by Crippen LogP contribution is -2.46. The lowest BCUT2D eigenvalue weighted by Gasteiger charge is -2.32. The maximum atomic E-state index is 12.3. The number of carbonyl (C=O) groups excluding carboxylic acids is 1. The molecule has 1 N–H and O–H groups in total. The Bertz CT molecular complexity index is 647. The Morgan fingerprint density at radius 3 is 3.25 bits per heavy atom. The number of carbonyl (C=O) groups is 1. The fraction of sp³-hybridized carbons (Fsp3) is 0.533. The zero-order chi connectivity index (χ0) is 16.8. The van der Waals surface area contributed by atoms with Crippen molar-refractivity contribution < 1.29 is 13.9 Å². The molecule has 0 spiro atoms. The van der Waals surface area contributed by atoms with E-state index in [1.807, 2.05) is 17.0 Å². The van der Waals surface area contributed by atoms with Gasteiger partial charge in [-0.25, -0.2) is 0 Å². The summed E-state index contributed by atoms with van der Waals surface area (Å²) in [7, 11) is 0. The van der Waals surface area contributed by atoms with Gasteiger partial charge in [0.1, 0.15) is 5.76 Å². The first-order valence-electron chi connectivity index (χ1n) is 7.86. The summed E-state index contributed by atoms with van der Waals surface area (Å²) in [5.41, 5.74) is 0. The number of furan rings is 1. The van der Waals surface area contributed by atoms with Crippen molar-refractivity contribution in [3.05, 3.63) is 24.2 Å². The van der Waals surface area contributed by atoms with E-state index in [0.717, 1.165) is 21.7 Å². The number of ether oxygens (including phenoxy) is 1. The Kier molecular flexibility index (Phi) is 6.11. The molecule has 3 rings (SSSR count). The first-order chi connectivity index (χ1) is 11.7. The Balaban J connectivity index is 1.44. The number of hydrogen-bond acceptors (Lipinski definition) is 8. The zero-order valence-electron chi connectivity index (χ0n) is 13.4. The number of nitrogens with zero attached hydrogens (tertiary/aromatic N) is 3. The number of hydrogen-bond donors (Lipinski definition) is 1. The van der Waals surface area contributed by atoms with E-state index in [2.05, 4.69) is 22.4 Å². The van der Waals surface area contributed by atoms with Crippen molar-refractivity contribution in [1.82, 2.24) is 15.1 Å². The number of thioether (sulfide) groups is 1. The third kappa shape index (κ3) is 4.71. The van der Waals surface area contributed by atoms with Gasteiger partial charge in [0.15, 0.2) is 4.34 Å². The summed E-state index contributed by atoms with van der Waals surface area (Å²) in [6, 6.07) is 3.74. The van der Waals surface area contributed by atoms with Crippen molar-refractivity contribution in [3.63, 3.8) is 0 Å². The molecule has 3 heterocycles. The van der Waals surface area contributed by atoms with Crippen molar-refractivity contribution in [3.8, 4) is 0 Å². The topological polar surface area (TPSA) is 80.5 Å². The van der Waals surface area contributed by atoms with E-state index in [1.165, 1.54) is 23.1 Å². The van der Waals surface area contributed by atoms with Gasteiger partial charge in [0.2, 0.25) is 11.0 Å². The molecule has 9 heteroatoms. The average Bonchev–Trinajstić information content (AvgIpc) is 3.29. The van der Waals surface area contributed by atoms with Crippen molar-refractivity contribution in [1.29, 1.82) is 0 Å². The monoisotopic (exact) mass is 368 g/mol. The fourth-order valence-electron chi connectivity index (χ4n) is 2.32. The molecule has 1 amide bonds. The second-order valence-electron chi connectivity index (χ2n) is 5.34. The second-order valence-corrected chi connectivity index (χ2v) is 7.54. The highest BCUT2D eigenvalue weighted by Crippen LogP contribution is 2.26. The minimum absolute atomic E-state index is 0.127. The van der Waals surface area contributed by atoms with E-state index in [4.69, 9.17) is 9.15 Å². The quantitative estimate of drug-likeness (QED) is 0.752. The zero-order valence-corrected chi connectivity index (χ0v) is 15.1. The molecular weight excluding hydrogens is 348 g/mol. The van der Waals surface area contributed by atoms with E-state index >= 15 is 0 Å². The van der Waals surface area contributed by atoms with Crippen molar-refractivity contribution in [2.45, 2.75) is 30.3 Å². The minimum atomic E-state index is 0.127. The van der Waals surface area contributed by atoms with E-state index in [-0.39, 0.29) is 12.0 Å². The molecule has 7 nitrogen and oxygen atoms in total. The third-order valence-corrected chi connectivity index (χ3v) is 5.67. The highest BCUT2D eigenvalue weighted by Gasteiger charge is 2.23. The van der Waals surface area contributed by atoms with Crippen LogP contribution in [-0.2, 0) is 16.1 Å². The molecular formula is C15H20N4O3S2. The van der Waals surface area contributed by atoms with Gasteiger partial charge in [0.05, 0.1) is 31.3 Å². The van der Waals surface area contributed by atoms with Gasteiger partial charge in [0, 0.05) is 13.1 Å². The summed E-state index contributed by atoms with van der Waals surface area (Å²) < 4.78 is 11.6. The van der Waals surface area contributed by atoms with E-state index in [1.54, 1.807) is 6.26 Å². The van der Waals surface area contributed by atoms with E-state index in [0.29, 0.717) is 32.0 Å². The van der Waals surface area contributed by atoms with Crippen LogP contribution in [0.15, 0.2) is 27.2 Å². The van der Waals surface area contributed by atoms with Crippen LogP contribution in [0.5, 0.6) is 0 Å². The lowest BCUT2D eigenvalue weighted by molar-refractivity contribution is -0.135. The number of amides is 1. The van der Waals surface area contributed by atoms with Gasteiger partial charge < -0.3 is 19.4 Å². The van der Waals surface area contributed by atoms with Crippen LogP contribution in [0.4, 0.5) is 5.13 Å². The SMILES string of the molecule is CCC1CN(C(=O)CSc2nnc(NCc3ccco3)s2)CCO1. The molecule has 1 aliphatic heterocycles. The summed E-state index contributed by atoms with van der Waals surface area (Å²) in [5, 5.41) is 12.1. The molecule has 1 atom stereocenters. The molecule has 2 aromatic rings. The molecule has 130 valence electrons. The van der Waals surface area contributed by atoms with E-state index < -0.39 is 0 Å². The maximum Gasteiger partial charge on any atom is 0.233 e. The highest BCUT2D eigenvalue weighted by atomic mass is 32.2. The molecule has 0 aromatic carbocycles. The van der Waals surface area contributed by atoms with Crippen LogP contribution in [0.3, 0.4) is 0 Å². The number of nitrogens with one attached hydrogen (secondary N) is 1. The van der Waals surface area contributed by atoms with Gasteiger partial charge in [-0.3, -0.25) is 4.79 Å². The molecule has 1 saturated heterocycles. The van der Waals surface area contributed by atoms with Gasteiger partial charge in [0.25, 0.3) is 0 Å². The van der Waals surface area contributed by atoms with Crippen molar-refractivity contribution in [2.24, 2.45) is 0 Å². The number of rotatable bonds is 7. The van der Waals surface area contributed by atoms with Crippen LogP contribution in [0.2, 0.25) is 0 Å². The van der Waals surface area contributed by atoms with Gasteiger partial charge in [-0.05, 0) is 18.6 Å². The summed E-state index contributed by atoms with van der Waals surface area (Å²) in [6.07, 6.45) is 2.73. The van der Waals surface area contributed by atoms with Crippen LogP contribution in [0.25, 0.3) is 0 Å². The highest BCUT2D eigenvalue weighted by molar-refractivity contribution is 8.01. The molecule has 0 radical (unpaired) electrons. The number of anilines is 1. The first-order valence-corrected chi connectivity index (χ1v) is 9.66. The minimum Gasteiger partial charge on any atom is -0.467 e. The normalized spacial score (nSPS) is 17.9. The summed E-state index contributed by atoms with van der Waals surface area (Å²) in [6.45, 7) is 4.61. The van der Waals surface area contributed by atoms with Crippen LogP contribution >= 0.6 is 23.1 Å². The van der Waals surface area contributed by atoms with Crippen LogP contribution < -0.4 is 5.32 Å². The van der Waals surface area contributed by atoms with Crippen molar-refractivity contribution >= 4 is 34.1 Å². The largest absolute Gasteiger partial charge is 0.467 e. The molecule has 1 aliphatic rings. The number of morpholine rings is 1. The van der Waals surface area contributed by atoms with Gasteiger partial charge >= 0.3 is 0 Å². The Morgan fingerprint density at radius 1 is 1.54 bits per heavy atom. The Morgan fingerprint density at radius 2 is 2.46 bits per heavy atom. The average molecular weight is 368 g/mol. The summed E-state index contributed by atoms with van der Waals surface area (Å²) in [5.74, 6) is 1.35. The predicted octanol–water partition coefficient (Wildman–Crippen LogP) is 2.47. The maximum absolute atomic E-state index is 12.3. The molecule has 0 bridgehead atoms. The molecule has 1 fully saturated rings. The lowest BCUT2D eigenvalue weighted by atomic mass is 10.2. The molecule has 0 aliphatic carbocycles. The third-order valence-electron chi connectivity index (χ3n) is 3.67. The summed E-state index contributed by atoms with van der Waals surface area (Å²) >= 11 is 2.87. The van der Waals surface area contributed by atoms with Crippen LogP contribution in [-0.4, -0.2) is 52.6 Å². The van der Waals surface area contributed by atoms with Crippen LogP contribution in [0.1, 0.15) is 19.1 Å². The molecule has 2 aromatic heterocycles. The van der Waals surface area contributed by atoms with Gasteiger partial charge in [-0.2, -0.15) is 0 Å². The van der Waals surface area contributed by atoms with Crippen molar-refractivity contribution in [2.75, 3.05) is 30.8 Å². The second kappa shape index (κ2) is 8.50. The molecule has 24 heavy (non-hydrogen) atoms. The standard InChI is InChI=1S/C15H20N4O3S2/c1-2-11-9-19(5-7-22-11)13(20)10-23-15-18-17-14(24-15)16-8-12-4-3-6-21-12/h3-4,6,11H,2,5,7-10H2,1H3,(H,16,17). The molecule has 1 unspecified atom stereocenters. The fourth-order valence-corrected chi connectivity index (χ4v) is 3.97. The van der Waals surface area contributed by atoms with Crippen LogP contribution in [0, 0.1) is 0 Å². The Labute approximate surface area is 148 Å².